The van der Waals surface area contributed by atoms with Gasteiger partial charge in [-0.1, -0.05) is 48.5 Å². The van der Waals surface area contributed by atoms with Crippen molar-refractivity contribution in [1.82, 2.24) is 9.97 Å². The topological polar surface area (TPSA) is 49.6 Å². The summed E-state index contributed by atoms with van der Waals surface area (Å²) < 4.78 is 2.37. The number of fused-ring (bicyclic) bond motifs is 2. The standard InChI is InChI=1S/C33H21N3S2/c34-20-21-12-14-22(15-13-21)23-6-5-7-24(16-23)25-17-26(32-35-28-8-1-3-10-30(28)37-32)19-27(18-25)33-36-29-9-2-4-11-31(29)38-33/h1-12,14,16-19H,13,15H2. The number of nitriles is 1. The zero-order chi connectivity index (χ0) is 25.5. The maximum atomic E-state index is 9.22. The van der Waals surface area contributed by atoms with E-state index < -0.39 is 0 Å². The molecule has 0 atom stereocenters. The predicted octanol–water partition coefficient (Wildman–Crippen LogP) is 9.53. The maximum absolute atomic E-state index is 9.22. The van der Waals surface area contributed by atoms with Crippen LogP contribution in [0.1, 0.15) is 18.4 Å². The van der Waals surface area contributed by atoms with E-state index in [1.165, 1.54) is 20.5 Å². The zero-order valence-corrected chi connectivity index (χ0v) is 22.0. The fraction of sp³-hybridized carbons (Fsp3) is 0.0606. The first-order chi connectivity index (χ1) is 18.7. The van der Waals surface area contributed by atoms with Gasteiger partial charge >= 0.3 is 0 Å². The number of rotatable bonds is 4. The lowest BCUT2D eigenvalue weighted by molar-refractivity contribution is 1.01. The SMILES string of the molecule is N#CC1=CC=C(c2cccc(-c3cc(-c4nc5ccccc5s4)cc(-c4nc5ccccc5s4)c3)c2)CC1. The Hall–Kier alpha value is -4.37. The summed E-state index contributed by atoms with van der Waals surface area (Å²) >= 11 is 3.44. The molecule has 0 amide bonds. The van der Waals surface area contributed by atoms with E-state index in [4.69, 9.17) is 9.97 Å². The third-order valence-electron chi connectivity index (χ3n) is 6.87. The molecule has 5 heteroatoms. The molecule has 1 aliphatic rings. The van der Waals surface area contributed by atoms with Gasteiger partial charge in [0.05, 0.1) is 26.5 Å². The van der Waals surface area contributed by atoms with Crippen molar-refractivity contribution in [3.05, 3.63) is 114 Å². The van der Waals surface area contributed by atoms with Gasteiger partial charge in [-0.25, -0.2) is 9.97 Å². The first-order valence-corrected chi connectivity index (χ1v) is 14.1. The molecule has 2 heterocycles. The Kier molecular flexibility index (Phi) is 5.70. The summed E-state index contributed by atoms with van der Waals surface area (Å²) in [7, 11) is 0. The third kappa shape index (κ3) is 4.24. The molecule has 0 unspecified atom stereocenters. The zero-order valence-electron chi connectivity index (χ0n) is 20.4. The van der Waals surface area contributed by atoms with Crippen molar-refractivity contribution in [3.8, 4) is 38.3 Å². The number of aromatic nitrogens is 2. The van der Waals surface area contributed by atoms with Crippen molar-refractivity contribution < 1.29 is 0 Å². The van der Waals surface area contributed by atoms with Crippen molar-refractivity contribution in [2.45, 2.75) is 12.8 Å². The van der Waals surface area contributed by atoms with Crippen LogP contribution in [0.3, 0.4) is 0 Å². The minimum atomic E-state index is 0.793. The second kappa shape index (κ2) is 9.50. The number of allylic oxidation sites excluding steroid dienone is 4. The van der Waals surface area contributed by atoms with Crippen LogP contribution in [0.15, 0.2) is 109 Å². The Morgan fingerprint density at radius 2 is 1.16 bits per heavy atom. The molecule has 38 heavy (non-hydrogen) atoms. The maximum Gasteiger partial charge on any atom is 0.124 e. The van der Waals surface area contributed by atoms with Crippen molar-refractivity contribution in [2.75, 3.05) is 0 Å². The first-order valence-electron chi connectivity index (χ1n) is 12.5. The highest BCUT2D eigenvalue weighted by Crippen LogP contribution is 2.39. The van der Waals surface area contributed by atoms with Crippen LogP contribution in [0, 0.1) is 11.3 Å². The van der Waals surface area contributed by atoms with Crippen molar-refractivity contribution >= 4 is 48.7 Å². The van der Waals surface area contributed by atoms with E-state index >= 15 is 0 Å². The Morgan fingerprint density at radius 1 is 0.579 bits per heavy atom. The number of nitrogens with zero attached hydrogens (tertiary/aromatic N) is 3. The van der Waals surface area contributed by atoms with Gasteiger partial charge in [0, 0.05) is 16.7 Å². The van der Waals surface area contributed by atoms with E-state index in [2.05, 4.69) is 91.0 Å². The van der Waals surface area contributed by atoms with Crippen LogP contribution in [0.25, 0.3) is 58.3 Å². The molecular weight excluding hydrogens is 503 g/mol. The Labute approximate surface area is 228 Å². The molecule has 2 aromatic heterocycles. The molecule has 0 bridgehead atoms. The number of para-hydroxylation sites is 2. The van der Waals surface area contributed by atoms with Gasteiger partial charge in [-0.05, 0) is 89.7 Å². The van der Waals surface area contributed by atoms with Crippen LogP contribution in [0.5, 0.6) is 0 Å². The van der Waals surface area contributed by atoms with Crippen molar-refractivity contribution in [3.63, 3.8) is 0 Å². The van der Waals surface area contributed by atoms with Crippen LogP contribution >= 0.6 is 22.7 Å². The number of benzene rings is 4. The normalized spacial score (nSPS) is 13.3. The lowest BCUT2D eigenvalue weighted by atomic mass is 9.91. The van der Waals surface area contributed by atoms with Crippen LogP contribution in [0.2, 0.25) is 0 Å². The van der Waals surface area contributed by atoms with Crippen LogP contribution in [-0.4, -0.2) is 9.97 Å². The van der Waals surface area contributed by atoms with E-state index in [1.54, 1.807) is 22.7 Å². The number of hydrogen-bond acceptors (Lipinski definition) is 5. The van der Waals surface area contributed by atoms with Gasteiger partial charge in [-0.2, -0.15) is 5.26 Å². The summed E-state index contributed by atoms with van der Waals surface area (Å²) in [5.74, 6) is 0. The molecule has 6 aromatic rings. The predicted molar refractivity (Wildman–Crippen MR) is 160 cm³/mol. The minimum absolute atomic E-state index is 0.793. The lowest BCUT2D eigenvalue weighted by Gasteiger charge is -2.13. The van der Waals surface area contributed by atoms with Gasteiger partial charge < -0.3 is 0 Å². The summed E-state index contributed by atoms with van der Waals surface area (Å²) in [6, 6.07) is 34.3. The molecule has 0 saturated carbocycles. The fourth-order valence-corrected chi connectivity index (χ4v) is 6.81. The first kappa shape index (κ1) is 22.8. The summed E-state index contributed by atoms with van der Waals surface area (Å²) in [5, 5.41) is 11.2. The summed E-state index contributed by atoms with van der Waals surface area (Å²) in [6.45, 7) is 0. The third-order valence-corrected chi connectivity index (χ3v) is 9.05. The lowest BCUT2D eigenvalue weighted by Crippen LogP contribution is -1.93. The molecule has 0 fully saturated rings. The second-order valence-electron chi connectivity index (χ2n) is 9.35. The minimum Gasteiger partial charge on any atom is -0.236 e. The van der Waals surface area contributed by atoms with Crippen LogP contribution in [0.4, 0.5) is 0 Å². The number of thiazole rings is 2. The molecule has 0 saturated heterocycles. The average molecular weight is 524 g/mol. The molecular formula is C33H21N3S2. The summed E-state index contributed by atoms with van der Waals surface area (Å²) in [4.78, 5) is 9.92. The highest BCUT2D eigenvalue weighted by molar-refractivity contribution is 7.22. The Balaban J connectivity index is 1.38. The fourth-order valence-electron chi connectivity index (χ4n) is 4.90. The highest BCUT2D eigenvalue weighted by atomic mass is 32.1. The van der Waals surface area contributed by atoms with Gasteiger partial charge in [-0.3, -0.25) is 0 Å². The Morgan fingerprint density at radius 3 is 1.74 bits per heavy atom. The molecule has 1 aliphatic carbocycles. The van der Waals surface area contributed by atoms with Gasteiger partial charge in [0.2, 0.25) is 0 Å². The summed E-state index contributed by atoms with van der Waals surface area (Å²) in [5.41, 5.74) is 9.84. The smallest absolute Gasteiger partial charge is 0.124 e. The van der Waals surface area contributed by atoms with Crippen molar-refractivity contribution in [2.24, 2.45) is 0 Å². The highest BCUT2D eigenvalue weighted by Gasteiger charge is 2.15. The average Bonchev–Trinajstić information content (AvgIpc) is 3.62. The van der Waals surface area contributed by atoms with Gasteiger partial charge in [0.25, 0.3) is 0 Å². The molecule has 180 valence electrons. The molecule has 0 N–H and O–H groups in total. The molecule has 0 spiro atoms. The molecule has 7 rings (SSSR count). The van der Waals surface area contributed by atoms with Crippen molar-refractivity contribution in [1.29, 1.82) is 5.26 Å². The second-order valence-corrected chi connectivity index (χ2v) is 11.4. The molecule has 4 aromatic carbocycles. The van der Waals surface area contributed by atoms with E-state index in [0.29, 0.717) is 0 Å². The number of hydrogen-bond donors (Lipinski definition) is 0. The van der Waals surface area contributed by atoms with Gasteiger partial charge in [0.1, 0.15) is 10.0 Å². The largest absolute Gasteiger partial charge is 0.236 e. The van der Waals surface area contributed by atoms with Crippen LogP contribution < -0.4 is 0 Å². The van der Waals surface area contributed by atoms with E-state index in [1.807, 2.05) is 18.2 Å². The van der Waals surface area contributed by atoms with E-state index in [-0.39, 0.29) is 0 Å². The van der Waals surface area contributed by atoms with Crippen LogP contribution in [-0.2, 0) is 0 Å². The molecule has 0 radical (unpaired) electrons. The quantitative estimate of drug-likeness (QED) is 0.231. The van der Waals surface area contributed by atoms with E-state index in [9.17, 15) is 5.26 Å². The molecule has 0 aliphatic heterocycles. The summed E-state index contributed by atoms with van der Waals surface area (Å²) in [6.07, 6.45) is 5.71. The Bertz CT molecular complexity index is 1790. The van der Waals surface area contributed by atoms with E-state index in [0.717, 1.165) is 61.7 Å². The van der Waals surface area contributed by atoms with Gasteiger partial charge in [-0.15, -0.1) is 22.7 Å². The molecule has 3 nitrogen and oxygen atoms in total. The van der Waals surface area contributed by atoms with Gasteiger partial charge in [0.15, 0.2) is 0 Å². The monoisotopic (exact) mass is 523 g/mol.